The number of fused-ring (bicyclic) bond motifs is 2. The number of amides is 1. The van der Waals surface area contributed by atoms with Gasteiger partial charge in [0, 0.05) is 37.7 Å². The molecule has 1 aliphatic carbocycles. The lowest BCUT2D eigenvalue weighted by Gasteiger charge is -2.38. The van der Waals surface area contributed by atoms with Crippen LogP contribution < -0.4 is 16.2 Å². The van der Waals surface area contributed by atoms with Crippen molar-refractivity contribution in [1.82, 2.24) is 21.1 Å². The molecule has 6 heteroatoms. The highest BCUT2D eigenvalue weighted by Gasteiger charge is 2.48. The Hall–Kier alpha value is -0.690. The van der Waals surface area contributed by atoms with Crippen molar-refractivity contribution in [3.05, 3.63) is 0 Å². The Kier molecular flexibility index (Phi) is 5.18. The standard InChI is InChI=1S/C21H36N4O2/c1-2-13-5-3-6-16-14(13)11-18(22-16)21(26)25-9-8-17-15(12-25)20(24-23-17)19-7-4-10-27-19/h13-20,22-24H,2-12H2,1H3. The first kappa shape index (κ1) is 18.3. The van der Waals surface area contributed by atoms with Gasteiger partial charge >= 0.3 is 0 Å². The summed E-state index contributed by atoms with van der Waals surface area (Å²) in [5.41, 5.74) is 6.98. The second-order valence-corrected chi connectivity index (χ2v) is 9.53. The van der Waals surface area contributed by atoms with Gasteiger partial charge in [-0.2, -0.15) is 0 Å². The van der Waals surface area contributed by atoms with E-state index in [1.165, 1.54) is 25.7 Å². The molecule has 0 spiro atoms. The molecular weight excluding hydrogens is 340 g/mol. The molecule has 4 heterocycles. The number of piperidine rings is 1. The van der Waals surface area contributed by atoms with Crippen LogP contribution in [0.1, 0.15) is 58.3 Å². The number of carbonyl (C=O) groups excluding carboxylic acids is 1. The van der Waals surface area contributed by atoms with Gasteiger partial charge in [0.25, 0.3) is 0 Å². The summed E-state index contributed by atoms with van der Waals surface area (Å²) in [4.78, 5) is 15.5. The van der Waals surface area contributed by atoms with E-state index in [-0.39, 0.29) is 6.04 Å². The third kappa shape index (κ3) is 3.33. The van der Waals surface area contributed by atoms with Gasteiger partial charge < -0.3 is 15.0 Å². The first-order valence-corrected chi connectivity index (χ1v) is 11.4. The molecule has 3 N–H and O–H groups in total. The smallest absolute Gasteiger partial charge is 0.239 e. The molecule has 5 aliphatic rings. The van der Waals surface area contributed by atoms with E-state index in [2.05, 4.69) is 28.0 Å². The first-order chi connectivity index (χ1) is 13.2. The third-order valence-electron chi connectivity index (χ3n) is 8.19. The van der Waals surface area contributed by atoms with Gasteiger partial charge in [-0.05, 0) is 43.9 Å². The number of nitrogens with one attached hydrogen (secondary N) is 3. The lowest BCUT2D eigenvalue weighted by atomic mass is 9.75. The fourth-order valence-corrected chi connectivity index (χ4v) is 6.71. The molecule has 6 nitrogen and oxygen atoms in total. The first-order valence-electron chi connectivity index (χ1n) is 11.4. The summed E-state index contributed by atoms with van der Waals surface area (Å²) in [7, 11) is 0. The monoisotopic (exact) mass is 376 g/mol. The van der Waals surface area contributed by atoms with Crippen molar-refractivity contribution in [3.8, 4) is 0 Å². The zero-order chi connectivity index (χ0) is 18.4. The molecule has 0 radical (unpaired) electrons. The number of hydrogen-bond acceptors (Lipinski definition) is 5. The highest BCUT2D eigenvalue weighted by atomic mass is 16.5. The van der Waals surface area contributed by atoms with E-state index in [1.807, 2.05) is 0 Å². The van der Waals surface area contributed by atoms with E-state index in [9.17, 15) is 4.79 Å². The van der Waals surface area contributed by atoms with Gasteiger partial charge in [0.05, 0.1) is 18.2 Å². The number of rotatable bonds is 3. The summed E-state index contributed by atoms with van der Waals surface area (Å²) in [6, 6.07) is 1.44. The minimum atomic E-state index is 0.0483. The van der Waals surface area contributed by atoms with E-state index in [1.54, 1.807) is 0 Å². The van der Waals surface area contributed by atoms with Crippen LogP contribution in [0.5, 0.6) is 0 Å². The van der Waals surface area contributed by atoms with E-state index >= 15 is 0 Å². The lowest BCUT2D eigenvalue weighted by Crippen LogP contribution is -2.54. The van der Waals surface area contributed by atoms with Crippen LogP contribution in [0.15, 0.2) is 0 Å². The van der Waals surface area contributed by atoms with E-state index in [4.69, 9.17) is 4.74 Å². The molecule has 5 fully saturated rings. The maximum Gasteiger partial charge on any atom is 0.239 e. The summed E-state index contributed by atoms with van der Waals surface area (Å²) in [6.07, 6.45) is 9.90. The van der Waals surface area contributed by atoms with Crippen LogP contribution in [0.3, 0.4) is 0 Å². The van der Waals surface area contributed by atoms with Crippen LogP contribution in [0, 0.1) is 17.8 Å². The third-order valence-corrected chi connectivity index (χ3v) is 8.19. The summed E-state index contributed by atoms with van der Waals surface area (Å²) in [5, 5.41) is 3.73. The molecule has 152 valence electrons. The Morgan fingerprint density at radius 1 is 1.07 bits per heavy atom. The molecule has 1 amide bonds. The molecule has 4 aliphatic heterocycles. The zero-order valence-corrected chi connectivity index (χ0v) is 16.7. The number of ether oxygens (including phenoxy) is 1. The summed E-state index contributed by atoms with van der Waals surface area (Å²) < 4.78 is 5.95. The SMILES string of the molecule is CCC1CCCC2NC(C(=O)N3CCC4NNC(C5CCCO5)C4C3)CC12. The fraction of sp³-hybridized carbons (Fsp3) is 0.952. The topological polar surface area (TPSA) is 65.6 Å². The maximum atomic E-state index is 13.3. The largest absolute Gasteiger partial charge is 0.377 e. The van der Waals surface area contributed by atoms with Crippen molar-refractivity contribution in [3.63, 3.8) is 0 Å². The van der Waals surface area contributed by atoms with Gasteiger partial charge in [0.15, 0.2) is 0 Å². The summed E-state index contributed by atoms with van der Waals surface area (Å²) in [5.74, 6) is 2.35. The molecule has 8 unspecified atom stereocenters. The quantitative estimate of drug-likeness (QED) is 0.695. The van der Waals surface area contributed by atoms with Crippen molar-refractivity contribution >= 4 is 5.91 Å². The zero-order valence-electron chi connectivity index (χ0n) is 16.7. The highest BCUT2D eigenvalue weighted by molar-refractivity contribution is 5.82. The van der Waals surface area contributed by atoms with Gasteiger partial charge in [0.1, 0.15) is 0 Å². The van der Waals surface area contributed by atoms with Crippen molar-refractivity contribution < 1.29 is 9.53 Å². The molecule has 0 bridgehead atoms. The Balaban J connectivity index is 1.23. The van der Waals surface area contributed by atoms with Crippen molar-refractivity contribution in [1.29, 1.82) is 0 Å². The van der Waals surface area contributed by atoms with Gasteiger partial charge in [-0.3, -0.25) is 15.6 Å². The molecule has 27 heavy (non-hydrogen) atoms. The maximum absolute atomic E-state index is 13.3. The van der Waals surface area contributed by atoms with Crippen molar-refractivity contribution in [2.24, 2.45) is 17.8 Å². The average molecular weight is 377 g/mol. The molecule has 0 aromatic heterocycles. The van der Waals surface area contributed by atoms with Crippen LogP contribution in [-0.4, -0.2) is 60.8 Å². The number of likely N-dealkylation sites (tertiary alicyclic amines) is 1. The molecule has 4 saturated heterocycles. The van der Waals surface area contributed by atoms with E-state index in [0.717, 1.165) is 51.3 Å². The highest BCUT2D eigenvalue weighted by Crippen LogP contribution is 2.40. The molecule has 5 rings (SSSR count). The number of carbonyl (C=O) groups is 1. The molecule has 8 atom stereocenters. The predicted octanol–water partition coefficient (Wildman–Crippen LogP) is 1.42. The minimum absolute atomic E-state index is 0.0483. The Labute approximate surface area is 163 Å². The van der Waals surface area contributed by atoms with Crippen molar-refractivity contribution in [2.75, 3.05) is 19.7 Å². The van der Waals surface area contributed by atoms with Gasteiger partial charge in [-0.1, -0.05) is 26.2 Å². The van der Waals surface area contributed by atoms with Gasteiger partial charge in [-0.25, -0.2) is 0 Å². The second kappa shape index (κ2) is 7.62. The van der Waals surface area contributed by atoms with Gasteiger partial charge in [-0.15, -0.1) is 0 Å². The minimum Gasteiger partial charge on any atom is -0.377 e. The number of hydrazine groups is 1. The molecule has 0 aromatic rings. The Morgan fingerprint density at radius 2 is 2.00 bits per heavy atom. The molecule has 1 saturated carbocycles. The normalized spacial score (nSPS) is 47.1. The predicted molar refractivity (Wildman–Crippen MR) is 104 cm³/mol. The summed E-state index contributed by atoms with van der Waals surface area (Å²) in [6.45, 7) is 4.96. The van der Waals surface area contributed by atoms with Crippen LogP contribution in [-0.2, 0) is 9.53 Å². The van der Waals surface area contributed by atoms with E-state index < -0.39 is 0 Å². The van der Waals surface area contributed by atoms with Crippen molar-refractivity contribution in [2.45, 2.75) is 88.6 Å². The van der Waals surface area contributed by atoms with Gasteiger partial charge in [0.2, 0.25) is 5.91 Å². The number of hydrogen-bond donors (Lipinski definition) is 3. The Morgan fingerprint density at radius 3 is 2.81 bits per heavy atom. The molecular formula is C21H36N4O2. The average Bonchev–Trinajstić information content (AvgIpc) is 3.44. The van der Waals surface area contributed by atoms with Crippen LogP contribution >= 0.6 is 0 Å². The van der Waals surface area contributed by atoms with E-state index in [0.29, 0.717) is 42.0 Å². The fourth-order valence-electron chi connectivity index (χ4n) is 6.71. The number of nitrogens with zero attached hydrogens (tertiary/aromatic N) is 1. The Bertz CT molecular complexity index is 552. The lowest BCUT2D eigenvalue weighted by molar-refractivity contribution is -0.135. The van der Waals surface area contributed by atoms with Crippen LogP contribution in [0.4, 0.5) is 0 Å². The second-order valence-electron chi connectivity index (χ2n) is 9.53. The summed E-state index contributed by atoms with van der Waals surface area (Å²) >= 11 is 0. The van der Waals surface area contributed by atoms with Crippen LogP contribution in [0.2, 0.25) is 0 Å². The van der Waals surface area contributed by atoms with Crippen LogP contribution in [0.25, 0.3) is 0 Å². The molecule has 0 aromatic carbocycles.